The summed E-state index contributed by atoms with van der Waals surface area (Å²) in [6.45, 7) is 0.149. The number of alkyl halides is 3. The number of nitrogens with two attached hydrogens (primary N) is 1. The summed E-state index contributed by atoms with van der Waals surface area (Å²) in [5.41, 5.74) is 8.04. The van der Waals surface area contributed by atoms with Crippen molar-refractivity contribution >= 4 is 29.0 Å². The van der Waals surface area contributed by atoms with E-state index in [2.05, 4.69) is 15.0 Å². The van der Waals surface area contributed by atoms with Gasteiger partial charge in [-0.1, -0.05) is 36.0 Å². The van der Waals surface area contributed by atoms with Crippen molar-refractivity contribution in [2.75, 3.05) is 5.75 Å². The molecule has 4 nitrogen and oxygen atoms in total. The minimum absolute atomic E-state index is 0.149. The maximum absolute atomic E-state index is 12.7. The van der Waals surface area contributed by atoms with Crippen molar-refractivity contribution in [1.29, 1.82) is 0 Å². The van der Waals surface area contributed by atoms with Gasteiger partial charge in [-0.05, 0) is 41.6 Å². The smallest absolute Gasteiger partial charge is 0.404 e. The van der Waals surface area contributed by atoms with Crippen LogP contribution in [0.1, 0.15) is 11.1 Å². The van der Waals surface area contributed by atoms with E-state index >= 15 is 0 Å². The van der Waals surface area contributed by atoms with E-state index in [4.69, 9.17) is 5.73 Å². The summed E-state index contributed by atoms with van der Waals surface area (Å²) >= 11 is 1.48. The summed E-state index contributed by atoms with van der Waals surface area (Å²) in [5.74, 6) is 0.544. The number of rotatable bonds is 6. The van der Waals surface area contributed by atoms with Crippen LogP contribution < -0.4 is 5.73 Å². The molecule has 0 atom stereocenters. The van der Waals surface area contributed by atoms with Gasteiger partial charge in [-0.15, -0.1) is 0 Å². The summed E-state index contributed by atoms with van der Waals surface area (Å²) < 4.78 is 38.2. The Kier molecular flexibility index (Phi) is 5.85. The molecule has 1 aromatic heterocycles. The summed E-state index contributed by atoms with van der Waals surface area (Å²) in [7, 11) is 0. The summed E-state index contributed by atoms with van der Waals surface area (Å²) in [6.07, 6.45) is -1.34. The number of halogens is 3. The Hall–Kier alpha value is -2.74. The molecular formula is C19H17F3N4S. The molecule has 0 fully saturated rings. The first-order chi connectivity index (χ1) is 13.0. The summed E-state index contributed by atoms with van der Waals surface area (Å²) in [4.78, 5) is 11.9. The molecule has 0 saturated carbocycles. The van der Waals surface area contributed by atoms with Crippen molar-refractivity contribution in [3.05, 3.63) is 71.4 Å². The van der Waals surface area contributed by atoms with Crippen LogP contribution >= 0.6 is 11.8 Å². The summed E-state index contributed by atoms with van der Waals surface area (Å²) in [5, 5.41) is 0.766. The molecule has 8 heteroatoms. The molecule has 0 aliphatic carbocycles. The average Bonchev–Trinajstić information content (AvgIpc) is 3.07. The van der Waals surface area contributed by atoms with Crippen LogP contribution in [-0.2, 0) is 12.7 Å². The Morgan fingerprint density at radius 1 is 1.19 bits per heavy atom. The van der Waals surface area contributed by atoms with Crippen molar-refractivity contribution in [1.82, 2.24) is 9.97 Å². The second kappa shape index (κ2) is 8.30. The van der Waals surface area contributed by atoms with Crippen molar-refractivity contribution in [2.45, 2.75) is 17.9 Å². The zero-order chi connectivity index (χ0) is 19.3. The minimum Gasteiger partial charge on any atom is -0.404 e. The van der Waals surface area contributed by atoms with Gasteiger partial charge in [-0.2, -0.15) is 13.2 Å². The Morgan fingerprint density at radius 2 is 2.00 bits per heavy atom. The lowest BCUT2D eigenvalue weighted by molar-refractivity contribution is -0.137. The topological polar surface area (TPSA) is 67.1 Å². The number of benzene rings is 2. The number of hydrogen-bond donors (Lipinski definition) is 2. The Bertz CT molecular complexity index is 943. The third-order valence-electron chi connectivity index (χ3n) is 3.74. The number of thioether (sulfide) groups is 1. The largest absolute Gasteiger partial charge is 0.416 e. The molecule has 27 heavy (non-hydrogen) atoms. The van der Waals surface area contributed by atoms with E-state index in [0.717, 1.165) is 33.9 Å². The molecule has 3 rings (SSSR count). The number of H-pyrrole nitrogens is 1. The van der Waals surface area contributed by atoms with Gasteiger partial charge in [0.2, 0.25) is 0 Å². The van der Waals surface area contributed by atoms with Crippen LogP contribution in [0.4, 0.5) is 13.2 Å². The molecule has 3 N–H and O–H groups in total. The Morgan fingerprint density at radius 3 is 2.74 bits per heavy atom. The lowest BCUT2D eigenvalue weighted by Gasteiger charge is -2.07. The third kappa shape index (κ3) is 5.13. The van der Waals surface area contributed by atoms with Crippen LogP contribution in [-0.4, -0.2) is 21.9 Å². The van der Waals surface area contributed by atoms with Gasteiger partial charge in [0.1, 0.15) is 0 Å². The first-order valence-corrected chi connectivity index (χ1v) is 9.08. The van der Waals surface area contributed by atoms with Crippen LogP contribution in [0.15, 0.2) is 70.5 Å². The van der Waals surface area contributed by atoms with Gasteiger partial charge in [0.05, 0.1) is 23.1 Å². The van der Waals surface area contributed by atoms with Gasteiger partial charge in [-0.3, -0.25) is 4.99 Å². The number of aliphatic imine (C=N–C) groups is 1. The number of hydrogen-bond acceptors (Lipinski definition) is 4. The Balaban J connectivity index is 1.58. The highest BCUT2D eigenvalue weighted by Gasteiger charge is 2.30. The van der Waals surface area contributed by atoms with Crippen LogP contribution in [0.2, 0.25) is 0 Å². The molecule has 0 aliphatic rings. The number of aromatic nitrogens is 2. The van der Waals surface area contributed by atoms with Gasteiger partial charge in [0.25, 0.3) is 0 Å². The van der Waals surface area contributed by atoms with Crippen molar-refractivity contribution < 1.29 is 13.2 Å². The molecule has 3 aromatic rings. The normalized spacial score (nSPS) is 12.9. The first kappa shape index (κ1) is 19.0. The standard InChI is InChI=1S/C19H17F3N4S/c20-19(21,22)15-5-3-4-13(8-15)10-24-11-14(9-23)12-27-18-25-16-6-1-2-7-17(16)26-18/h1-9,11H,10,12,23H2,(H,25,26)/b14-9+,24-11?. The molecule has 0 saturated heterocycles. The highest BCUT2D eigenvalue weighted by molar-refractivity contribution is 7.99. The maximum Gasteiger partial charge on any atom is 0.416 e. The molecule has 0 unspecified atom stereocenters. The number of fused-ring (bicyclic) bond motifs is 1. The van der Waals surface area contributed by atoms with Crippen LogP contribution in [0, 0.1) is 0 Å². The van der Waals surface area contributed by atoms with Crippen LogP contribution in [0.3, 0.4) is 0 Å². The molecule has 140 valence electrons. The van der Waals surface area contributed by atoms with Crippen molar-refractivity contribution in [3.63, 3.8) is 0 Å². The van der Waals surface area contributed by atoms with Gasteiger partial charge >= 0.3 is 6.18 Å². The molecule has 0 radical (unpaired) electrons. The number of para-hydroxylation sites is 2. The highest BCUT2D eigenvalue weighted by Crippen LogP contribution is 2.29. The minimum atomic E-state index is -4.36. The molecule has 0 bridgehead atoms. The fourth-order valence-electron chi connectivity index (χ4n) is 2.39. The lowest BCUT2D eigenvalue weighted by atomic mass is 10.1. The first-order valence-electron chi connectivity index (χ1n) is 8.10. The third-order valence-corrected chi connectivity index (χ3v) is 4.69. The van der Waals surface area contributed by atoms with Gasteiger partial charge in [0, 0.05) is 12.0 Å². The summed E-state index contributed by atoms with van der Waals surface area (Å²) in [6, 6.07) is 12.9. The molecule has 0 aliphatic heterocycles. The number of nitrogens with zero attached hydrogens (tertiary/aromatic N) is 2. The number of nitrogens with one attached hydrogen (secondary N) is 1. The fraction of sp³-hybridized carbons (Fsp3) is 0.158. The van der Waals surface area contributed by atoms with E-state index in [9.17, 15) is 13.2 Å². The molecule has 2 aromatic carbocycles. The zero-order valence-corrected chi connectivity index (χ0v) is 15.0. The lowest BCUT2D eigenvalue weighted by Crippen LogP contribution is -2.05. The highest BCUT2D eigenvalue weighted by atomic mass is 32.2. The van der Waals surface area contributed by atoms with E-state index in [1.54, 1.807) is 12.3 Å². The van der Waals surface area contributed by atoms with Gasteiger partial charge in [0.15, 0.2) is 5.16 Å². The zero-order valence-electron chi connectivity index (χ0n) is 14.2. The van der Waals surface area contributed by atoms with E-state index in [0.29, 0.717) is 11.3 Å². The van der Waals surface area contributed by atoms with Crippen molar-refractivity contribution in [2.24, 2.45) is 10.7 Å². The van der Waals surface area contributed by atoms with Crippen LogP contribution in [0.5, 0.6) is 0 Å². The average molecular weight is 390 g/mol. The fourth-order valence-corrected chi connectivity index (χ4v) is 3.21. The predicted molar refractivity (Wildman–Crippen MR) is 103 cm³/mol. The van der Waals surface area contributed by atoms with Gasteiger partial charge in [-0.25, -0.2) is 4.98 Å². The van der Waals surface area contributed by atoms with Crippen molar-refractivity contribution in [3.8, 4) is 0 Å². The van der Waals surface area contributed by atoms with Crippen LogP contribution in [0.25, 0.3) is 11.0 Å². The molecule has 1 heterocycles. The Labute approximate surface area is 158 Å². The van der Waals surface area contributed by atoms with E-state index < -0.39 is 11.7 Å². The number of imidazole rings is 1. The predicted octanol–water partition coefficient (Wildman–Crippen LogP) is 4.79. The SMILES string of the molecule is N/C=C(\C=NCc1cccc(C(F)(F)F)c1)CSc1nc2ccccc2[nH]1. The second-order valence-corrected chi connectivity index (χ2v) is 6.72. The second-order valence-electron chi connectivity index (χ2n) is 5.76. The quantitative estimate of drug-likeness (QED) is 0.470. The van der Waals surface area contributed by atoms with Gasteiger partial charge < -0.3 is 10.7 Å². The maximum atomic E-state index is 12.7. The molecule has 0 amide bonds. The van der Waals surface area contributed by atoms with E-state index in [-0.39, 0.29) is 6.54 Å². The monoisotopic (exact) mass is 390 g/mol. The molecular weight excluding hydrogens is 373 g/mol. The van der Waals surface area contributed by atoms with E-state index in [1.807, 2.05) is 24.3 Å². The molecule has 0 spiro atoms. The van der Waals surface area contributed by atoms with E-state index in [1.165, 1.54) is 24.0 Å². The number of aromatic amines is 1.